The van der Waals surface area contributed by atoms with Crippen molar-refractivity contribution in [2.24, 2.45) is 0 Å². The predicted molar refractivity (Wildman–Crippen MR) is 188 cm³/mol. The van der Waals surface area contributed by atoms with E-state index in [1.807, 2.05) is 12.1 Å². The van der Waals surface area contributed by atoms with E-state index >= 15 is 0 Å². The molecule has 208 valence electrons. The van der Waals surface area contributed by atoms with Crippen LogP contribution in [0.3, 0.4) is 0 Å². The normalized spacial score (nSPS) is 12.4. The van der Waals surface area contributed by atoms with E-state index in [9.17, 15) is 0 Å². The summed E-state index contributed by atoms with van der Waals surface area (Å²) >= 11 is 0. The number of hydrogen-bond donors (Lipinski definition) is 0. The van der Waals surface area contributed by atoms with Gasteiger partial charge in [0, 0.05) is 43.4 Å². The lowest BCUT2D eigenvalue weighted by molar-refractivity contribution is 0.669. The van der Waals surface area contributed by atoms with Crippen LogP contribution >= 0.6 is 0 Å². The topological polar surface area (TPSA) is 22.5 Å². The molecule has 0 aliphatic carbocycles. The number of furan rings is 1. The van der Waals surface area contributed by atoms with Gasteiger partial charge in [-0.25, -0.2) is 0 Å². The van der Waals surface area contributed by atoms with E-state index in [2.05, 4.69) is 142 Å². The van der Waals surface area contributed by atoms with E-state index in [-0.39, 0.29) is 0 Å². The SMILES string of the molecule is c1cc(-c2ccc3oc4ccccc4c3c2)cc(-n2c3cccc4c5ccccc5n5c6ccccc6c6ccc2c(c43)c65)c1. The minimum Gasteiger partial charge on any atom is -0.456 e. The fourth-order valence-electron chi connectivity index (χ4n) is 7.98. The average Bonchev–Trinajstić information content (AvgIpc) is 3.72. The van der Waals surface area contributed by atoms with E-state index < -0.39 is 0 Å². The Morgan fingerprint density at radius 2 is 1.02 bits per heavy atom. The minimum atomic E-state index is 0.917. The molecule has 4 heterocycles. The van der Waals surface area contributed by atoms with Gasteiger partial charge < -0.3 is 13.4 Å². The summed E-state index contributed by atoms with van der Waals surface area (Å²) in [5, 5.41) is 10.0. The summed E-state index contributed by atoms with van der Waals surface area (Å²) in [4.78, 5) is 0. The highest BCUT2D eigenvalue weighted by Crippen LogP contribution is 2.45. The van der Waals surface area contributed by atoms with Crippen molar-refractivity contribution in [3.63, 3.8) is 0 Å². The third-order valence-corrected chi connectivity index (χ3v) is 9.84. The Kier molecular flexibility index (Phi) is 4.32. The van der Waals surface area contributed by atoms with Crippen molar-refractivity contribution in [3.8, 4) is 16.8 Å². The maximum atomic E-state index is 6.12. The first-order valence-electron chi connectivity index (χ1n) is 15.4. The Bertz CT molecular complexity index is 2990. The van der Waals surface area contributed by atoms with Crippen LogP contribution < -0.4 is 0 Å². The van der Waals surface area contributed by atoms with Gasteiger partial charge in [-0.15, -0.1) is 0 Å². The largest absolute Gasteiger partial charge is 0.456 e. The first-order valence-corrected chi connectivity index (χ1v) is 15.4. The van der Waals surface area contributed by atoms with Crippen molar-refractivity contribution in [2.75, 3.05) is 0 Å². The minimum absolute atomic E-state index is 0.917. The lowest BCUT2D eigenvalue weighted by atomic mass is 10.0. The summed E-state index contributed by atoms with van der Waals surface area (Å²) in [6, 6.07) is 52.9. The van der Waals surface area contributed by atoms with E-state index in [1.165, 1.54) is 71.0 Å². The molecule has 0 amide bonds. The number of fused-ring (bicyclic) bond motifs is 9. The quantitative estimate of drug-likeness (QED) is 0.202. The molecule has 0 aliphatic rings. The molecule has 0 bridgehead atoms. The Morgan fingerprint density at radius 3 is 1.89 bits per heavy atom. The number of nitrogens with zero attached hydrogens (tertiary/aromatic N) is 2. The van der Waals surface area contributed by atoms with Gasteiger partial charge in [0.1, 0.15) is 11.2 Å². The van der Waals surface area contributed by atoms with Crippen LogP contribution in [0.15, 0.2) is 150 Å². The molecular weight excluding hydrogens is 548 g/mol. The lowest BCUT2D eigenvalue weighted by Crippen LogP contribution is -1.95. The monoisotopic (exact) mass is 572 g/mol. The molecule has 0 spiro atoms. The number of rotatable bonds is 2. The zero-order valence-electron chi connectivity index (χ0n) is 24.2. The van der Waals surface area contributed by atoms with Gasteiger partial charge in [-0.2, -0.15) is 0 Å². The van der Waals surface area contributed by atoms with Gasteiger partial charge in [0.2, 0.25) is 0 Å². The zero-order chi connectivity index (χ0) is 29.2. The van der Waals surface area contributed by atoms with Gasteiger partial charge in [0.05, 0.1) is 27.6 Å². The smallest absolute Gasteiger partial charge is 0.135 e. The summed E-state index contributed by atoms with van der Waals surface area (Å²) in [6.07, 6.45) is 0. The van der Waals surface area contributed by atoms with Crippen LogP contribution in [-0.4, -0.2) is 8.97 Å². The standard InChI is InChI=1S/C42H24N2O/c1-4-15-34-28(11-1)31-14-8-17-36-40(31)41-37(21-20-32-29-12-2-5-16-35(29)44(34)42(32)41)43(36)27-10-7-9-25(23-27)26-19-22-39-33(24-26)30-13-3-6-18-38(30)45-39/h1-24H. The average molecular weight is 573 g/mol. The molecule has 3 nitrogen and oxygen atoms in total. The third kappa shape index (κ3) is 2.95. The molecule has 45 heavy (non-hydrogen) atoms. The zero-order valence-corrected chi connectivity index (χ0v) is 24.2. The molecule has 0 radical (unpaired) electrons. The molecule has 0 atom stereocenters. The van der Waals surface area contributed by atoms with Crippen LogP contribution in [0.4, 0.5) is 0 Å². The van der Waals surface area contributed by atoms with Crippen molar-refractivity contribution < 1.29 is 4.42 Å². The number of aromatic nitrogens is 2. The van der Waals surface area contributed by atoms with E-state index in [4.69, 9.17) is 4.42 Å². The van der Waals surface area contributed by atoms with Crippen molar-refractivity contribution in [2.45, 2.75) is 0 Å². The number of para-hydroxylation sites is 3. The summed E-state index contributed by atoms with van der Waals surface area (Å²) in [5.41, 5.74) is 11.5. The van der Waals surface area contributed by atoms with Crippen LogP contribution in [0.1, 0.15) is 0 Å². The molecule has 7 aromatic carbocycles. The molecule has 0 N–H and O–H groups in total. The van der Waals surface area contributed by atoms with E-state index in [0.717, 1.165) is 27.6 Å². The maximum absolute atomic E-state index is 6.12. The molecule has 3 heteroatoms. The third-order valence-electron chi connectivity index (χ3n) is 9.84. The summed E-state index contributed by atoms with van der Waals surface area (Å²) in [6.45, 7) is 0. The fourth-order valence-corrected chi connectivity index (χ4v) is 7.98. The van der Waals surface area contributed by atoms with Crippen LogP contribution in [0.5, 0.6) is 0 Å². The first kappa shape index (κ1) is 23.4. The summed E-state index contributed by atoms with van der Waals surface area (Å²) in [7, 11) is 0. The Balaban J connectivity index is 1.26. The highest BCUT2D eigenvalue weighted by Gasteiger charge is 2.23. The molecule has 0 fully saturated rings. The van der Waals surface area contributed by atoms with Crippen LogP contribution in [-0.2, 0) is 0 Å². The summed E-state index contributed by atoms with van der Waals surface area (Å²) < 4.78 is 11.1. The van der Waals surface area contributed by atoms with E-state index in [0.29, 0.717) is 0 Å². The Hall–Kier alpha value is -6.06. The van der Waals surface area contributed by atoms with Gasteiger partial charge in [-0.3, -0.25) is 0 Å². The van der Waals surface area contributed by atoms with Gasteiger partial charge in [0.15, 0.2) is 0 Å². The second-order valence-electron chi connectivity index (χ2n) is 12.1. The molecule has 0 unspecified atom stereocenters. The van der Waals surface area contributed by atoms with Gasteiger partial charge in [-0.1, -0.05) is 91.0 Å². The first-order chi connectivity index (χ1) is 22.3. The molecule has 0 saturated carbocycles. The molecule has 11 rings (SSSR count). The summed E-state index contributed by atoms with van der Waals surface area (Å²) in [5.74, 6) is 0. The molecule has 0 aliphatic heterocycles. The second kappa shape index (κ2) is 8.31. The van der Waals surface area contributed by atoms with Crippen molar-refractivity contribution in [1.82, 2.24) is 8.97 Å². The Labute approximate surface area is 257 Å². The van der Waals surface area contributed by atoms with Crippen LogP contribution in [0, 0.1) is 0 Å². The van der Waals surface area contributed by atoms with Crippen molar-refractivity contribution in [1.29, 1.82) is 0 Å². The van der Waals surface area contributed by atoms with Gasteiger partial charge >= 0.3 is 0 Å². The number of hydrogen-bond acceptors (Lipinski definition) is 1. The number of benzene rings is 7. The van der Waals surface area contributed by atoms with E-state index in [1.54, 1.807) is 0 Å². The van der Waals surface area contributed by atoms with Crippen LogP contribution in [0.25, 0.3) is 98.7 Å². The Morgan fingerprint density at radius 1 is 0.378 bits per heavy atom. The fraction of sp³-hybridized carbons (Fsp3) is 0. The van der Waals surface area contributed by atoms with Crippen LogP contribution in [0.2, 0.25) is 0 Å². The highest BCUT2D eigenvalue weighted by atomic mass is 16.3. The predicted octanol–water partition coefficient (Wildman–Crippen LogP) is 11.5. The molecule has 0 saturated heterocycles. The highest BCUT2D eigenvalue weighted by molar-refractivity contribution is 6.33. The second-order valence-corrected chi connectivity index (χ2v) is 12.1. The van der Waals surface area contributed by atoms with Crippen molar-refractivity contribution >= 4 is 81.8 Å². The van der Waals surface area contributed by atoms with Crippen molar-refractivity contribution in [3.05, 3.63) is 146 Å². The lowest BCUT2D eigenvalue weighted by Gasteiger charge is -2.11. The molecule has 4 aromatic heterocycles. The van der Waals surface area contributed by atoms with Gasteiger partial charge in [0.25, 0.3) is 0 Å². The van der Waals surface area contributed by atoms with Gasteiger partial charge in [-0.05, 0) is 71.1 Å². The maximum Gasteiger partial charge on any atom is 0.135 e. The molecular formula is C42H24N2O. The molecule has 11 aromatic rings.